The standard InChI is InChI=1S/C8H8ClNS/c1-3-6(10)8-7(9)5(2)4-11-8/h1,4,6H,10H2,2H3. The Balaban J connectivity index is 3.07. The molecular weight excluding hydrogens is 178 g/mol. The number of hydrogen-bond acceptors (Lipinski definition) is 2. The highest BCUT2D eigenvalue weighted by atomic mass is 35.5. The molecule has 1 aromatic heterocycles. The summed E-state index contributed by atoms with van der Waals surface area (Å²) >= 11 is 7.43. The molecule has 0 saturated carbocycles. The topological polar surface area (TPSA) is 26.0 Å². The van der Waals surface area contributed by atoms with Crippen molar-refractivity contribution in [3.63, 3.8) is 0 Å². The summed E-state index contributed by atoms with van der Waals surface area (Å²) in [6, 6.07) is -0.360. The molecule has 3 heteroatoms. The zero-order valence-electron chi connectivity index (χ0n) is 6.10. The lowest BCUT2D eigenvalue weighted by Gasteiger charge is -2.00. The van der Waals surface area contributed by atoms with Crippen molar-refractivity contribution in [2.24, 2.45) is 5.73 Å². The minimum absolute atomic E-state index is 0.360. The Morgan fingerprint density at radius 2 is 2.45 bits per heavy atom. The summed E-state index contributed by atoms with van der Waals surface area (Å²) in [5, 5.41) is 2.66. The lowest BCUT2D eigenvalue weighted by atomic mass is 10.2. The van der Waals surface area contributed by atoms with Crippen molar-refractivity contribution in [1.29, 1.82) is 0 Å². The molecule has 1 rings (SSSR count). The van der Waals surface area contributed by atoms with E-state index in [0.29, 0.717) is 5.02 Å². The molecule has 11 heavy (non-hydrogen) atoms. The van der Waals surface area contributed by atoms with Gasteiger partial charge in [-0.2, -0.15) is 0 Å². The van der Waals surface area contributed by atoms with Crippen molar-refractivity contribution >= 4 is 22.9 Å². The molecule has 0 aliphatic heterocycles. The van der Waals surface area contributed by atoms with Gasteiger partial charge in [0.2, 0.25) is 0 Å². The lowest BCUT2D eigenvalue weighted by molar-refractivity contribution is 0.973. The Hall–Kier alpha value is -0.490. The van der Waals surface area contributed by atoms with Crippen molar-refractivity contribution in [3.8, 4) is 12.3 Å². The third kappa shape index (κ3) is 1.57. The Morgan fingerprint density at radius 1 is 1.82 bits per heavy atom. The molecule has 0 bridgehead atoms. The lowest BCUT2D eigenvalue weighted by Crippen LogP contribution is -2.05. The third-order valence-electron chi connectivity index (χ3n) is 1.39. The molecule has 0 aromatic carbocycles. The van der Waals surface area contributed by atoms with Crippen molar-refractivity contribution in [3.05, 3.63) is 20.8 Å². The largest absolute Gasteiger partial charge is 0.313 e. The smallest absolute Gasteiger partial charge is 0.103 e. The molecule has 1 nitrogen and oxygen atoms in total. The van der Waals surface area contributed by atoms with Gasteiger partial charge >= 0.3 is 0 Å². The number of nitrogens with two attached hydrogens (primary N) is 1. The van der Waals surface area contributed by atoms with Crippen LogP contribution < -0.4 is 5.73 Å². The van der Waals surface area contributed by atoms with Gasteiger partial charge in [-0.05, 0) is 17.9 Å². The molecule has 0 spiro atoms. The molecule has 0 fully saturated rings. The highest BCUT2D eigenvalue weighted by Crippen LogP contribution is 2.30. The first kappa shape index (κ1) is 8.61. The first-order valence-electron chi connectivity index (χ1n) is 3.12. The number of aryl methyl sites for hydroxylation is 1. The second kappa shape index (κ2) is 3.27. The van der Waals surface area contributed by atoms with Crippen LogP contribution >= 0.6 is 22.9 Å². The van der Waals surface area contributed by atoms with Gasteiger partial charge in [-0.1, -0.05) is 17.5 Å². The van der Waals surface area contributed by atoms with E-state index in [0.717, 1.165) is 10.4 Å². The van der Waals surface area contributed by atoms with Crippen molar-refractivity contribution in [2.45, 2.75) is 13.0 Å². The quantitative estimate of drug-likeness (QED) is 0.668. The van der Waals surface area contributed by atoms with E-state index in [1.54, 1.807) is 0 Å². The van der Waals surface area contributed by atoms with E-state index in [1.165, 1.54) is 11.3 Å². The van der Waals surface area contributed by atoms with E-state index < -0.39 is 0 Å². The first-order chi connectivity index (χ1) is 5.16. The van der Waals surface area contributed by atoms with Crippen LogP contribution in [-0.2, 0) is 0 Å². The molecule has 2 N–H and O–H groups in total. The monoisotopic (exact) mass is 185 g/mol. The van der Waals surface area contributed by atoms with Gasteiger partial charge in [-0.3, -0.25) is 0 Å². The van der Waals surface area contributed by atoms with E-state index in [1.807, 2.05) is 12.3 Å². The van der Waals surface area contributed by atoms with Crippen LogP contribution in [0.3, 0.4) is 0 Å². The maximum atomic E-state index is 5.92. The average molecular weight is 186 g/mol. The van der Waals surface area contributed by atoms with Gasteiger partial charge in [0.05, 0.1) is 9.90 Å². The molecular formula is C8H8ClNS. The SMILES string of the molecule is C#CC(N)c1scc(C)c1Cl. The fraction of sp³-hybridized carbons (Fsp3) is 0.250. The van der Waals surface area contributed by atoms with Gasteiger partial charge in [0.25, 0.3) is 0 Å². The molecule has 0 saturated heterocycles. The predicted octanol–water partition coefficient (Wildman–Crippen LogP) is 2.34. The molecule has 0 aliphatic carbocycles. The van der Waals surface area contributed by atoms with Crippen LogP contribution in [0.5, 0.6) is 0 Å². The second-order valence-corrected chi connectivity index (χ2v) is 3.53. The van der Waals surface area contributed by atoms with E-state index in [9.17, 15) is 0 Å². The zero-order chi connectivity index (χ0) is 8.43. The molecule has 1 aromatic rings. The number of halogens is 1. The molecule has 0 aliphatic rings. The molecule has 1 unspecified atom stereocenters. The number of hydrogen-bond donors (Lipinski definition) is 1. The summed E-state index contributed by atoms with van der Waals surface area (Å²) in [6.07, 6.45) is 5.16. The van der Waals surface area contributed by atoms with Crippen molar-refractivity contribution in [1.82, 2.24) is 0 Å². The van der Waals surface area contributed by atoms with Crippen LogP contribution in [0.2, 0.25) is 5.02 Å². The second-order valence-electron chi connectivity index (χ2n) is 2.24. The van der Waals surface area contributed by atoms with E-state index >= 15 is 0 Å². The van der Waals surface area contributed by atoms with Crippen LogP contribution in [-0.4, -0.2) is 0 Å². The minimum atomic E-state index is -0.360. The summed E-state index contributed by atoms with van der Waals surface area (Å²) < 4.78 is 0. The predicted molar refractivity (Wildman–Crippen MR) is 49.8 cm³/mol. The Kier molecular flexibility index (Phi) is 2.56. The highest BCUT2D eigenvalue weighted by Gasteiger charge is 2.10. The van der Waals surface area contributed by atoms with Crippen LogP contribution in [0.15, 0.2) is 5.38 Å². The Morgan fingerprint density at radius 3 is 2.82 bits per heavy atom. The van der Waals surface area contributed by atoms with Gasteiger partial charge in [-0.15, -0.1) is 17.8 Å². The van der Waals surface area contributed by atoms with Crippen LogP contribution in [0.4, 0.5) is 0 Å². The Labute approximate surface area is 75.2 Å². The molecule has 0 radical (unpaired) electrons. The summed E-state index contributed by atoms with van der Waals surface area (Å²) in [6.45, 7) is 1.94. The van der Waals surface area contributed by atoms with Crippen LogP contribution in [0.1, 0.15) is 16.5 Å². The minimum Gasteiger partial charge on any atom is -0.313 e. The number of rotatable bonds is 1. The van der Waals surface area contributed by atoms with E-state index in [-0.39, 0.29) is 6.04 Å². The number of terminal acetylenes is 1. The van der Waals surface area contributed by atoms with Gasteiger partial charge in [0, 0.05) is 0 Å². The van der Waals surface area contributed by atoms with Gasteiger partial charge < -0.3 is 5.73 Å². The maximum absolute atomic E-state index is 5.92. The molecule has 1 heterocycles. The van der Waals surface area contributed by atoms with Crippen molar-refractivity contribution in [2.75, 3.05) is 0 Å². The average Bonchev–Trinajstić information content (AvgIpc) is 2.32. The highest BCUT2D eigenvalue weighted by molar-refractivity contribution is 7.10. The summed E-state index contributed by atoms with van der Waals surface area (Å²) in [5.41, 5.74) is 6.64. The summed E-state index contributed by atoms with van der Waals surface area (Å²) in [7, 11) is 0. The van der Waals surface area contributed by atoms with Crippen LogP contribution in [0, 0.1) is 19.3 Å². The molecule has 58 valence electrons. The van der Waals surface area contributed by atoms with E-state index in [2.05, 4.69) is 5.92 Å². The Bertz CT molecular complexity index is 298. The summed E-state index contributed by atoms with van der Waals surface area (Å²) in [5.74, 6) is 2.44. The van der Waals surface area contributed by atoms with Crippen molar-refractivity contribution < 1.29 is 0 Å². The zero-order valence-corrected chi connectivity index (χ0v) is 7.67. The summed E-state index contributed by atoms with van der Waals surface area (Å²) in [4.78, 5) is 0.881. The van der Waals surface area contributed by atoms with E-state index in [4.69, 9.17) is 23.8 Å². The third-order valence-corrected chi connectivity index (χ3v) is 3.18. The fourth-order valence-corrected chi connectivity index (χ4v) is 2.01. The number of thiophene rings is 1. The van der Waals surface area contributed by atoms with Gasteiger partial charge in [-0.25, -0.2) is 0 Å². The molecule has 0 amide bonds. The van der Waals surface area contributed by atoms with Gasteiger partial charge in [0.1, 0.15) is 6.04 Å². The normalized spacial score (nSPS) is 12.5. The molecule has 1 atom stereocenters. The van der Waals surface area contributed by atoms with Gasteiger partial charge in [0.15, 0.2) is 0 Å². The first-order valence-corrected chi connectivity index (χ1v) is 4.37. The maximum Gasteiger partial charge on any atom is 0.103 e. The fourth-order valence-electron chi connectivity index (χ4n) is 0.735. The van der Waals surface area contributed by atoms with Crippen LogP contribution in [0.25, 0.3) is 0 Å².